The van der Waals surface area contributed by atoms with Gasteiger partial charge in [0.15, 0.2) is 11.6 Å². The largest absolute Gasteiger partial charge is 0.452 e. The van der Waals surface area contributed by atoms with Gasteiger partial charge in [-0.25, -0.2) is 13.2 Å². The average molecular weight is 332 g/mol. The van der Waals surface area contributed by atoms with E-state index in [0.29, 0.717) is 5.75 Å². The Labute approximate surface area is 116 Å². The molecule has 0 fully saturated rings. The molecular formula is C13H9BrF3NO. The van der Waals surface area contributed by atoms with Crippen molar-refractivity contribution in [3.05, 3.63) is 52.0 Å². The summed E-state index contributed by atoms with van der Waals surface area (Å²) >= 11 is 3.27. The molecule has 0 spiro atoms. The minimum absolute atomic E-state index is 0.118. The minimum Gasteiger partial charge on any atom is -0.452 e. The van der Waals surface area contributed by atoms with Gasteiger partial charge < -0.3 is 4.74 Å². The number of halogens is 4. The summed E-state index contributed by atoms with van der Waals surface area (Å²) in [6, 6.07) is 3.07. The maximum absolute atomic E-state index is 13.6. The first-order chi connectivity index (χ1) is 8.99. The smallest absolute Gasteiger partial charge is 0.263 e. The lowest BCUT2D eigenvalue weighted by molar-refractivity contribution is 0.151. The number of ether oxygens (including phenoxy) is 1. The second-order valence-electron chi connectivity index (χ2n) is 3.84. The lowest BCUT2D eigenvalue weighted by atomic mass is 10.2. The van der Waals surface area contributed by atoms with Crippen molar-refractivity contribution in [1.29, 1.82) is 0 Å². The zero-order valence-corrected chi connectivity index (χ0v) is 11.4. The molecule has 100 valence electrons. The van der Waals surface area contributed by atoms with Crippen LogP contribution in [-0.4, -0.2) is 4.98 Å². The van der Waals surface area contributed by atoms with Gasteiger partial charge >= 0.3 is 0 Å². The summed E-state index contributed by atoms with van der Waals surface area (Å²) in [5, 5.41) is 0. The number of alkyl halides is 2. The van der Waals surface area contributed by atoms with Crippen LogP contribution in [0.2, 0.25) is 0 Å². The Morgan fingerprint density at radius 2 is 1.95 bits per heavy atom. The molecule has 1 aromatic carbocycles. The first-order valence-electron chi connectivity index (χ1n) is 5.34. The predicted molar refractivity (Wildman–Crippen MR) is 68.1 cm³/mol. The van der Waals surface area contributed by atoms with Crippen molar-refractivity contribution in [2.24, 2.45) is 0 Å². The van der Waals surface area contributed by atoms with Crippen molar-refractivity contribution >= 4 is 15.9 Å². The van der Waals surface area contributed by atoms with E-state index < -0.39 is 12.2 Å². The first kappa shape index (κ1) is 13.9. The number of aromatic nitrogens is 1. The highest BCUT2D eigenvalue weighted by Crippen LogP contribution is 2.31. The molecular weight excluding hydrogens is 323 g/mol. The van der Waals surface area contributed by atoms with Crippen LogP contribution in [-0.2, 0) is 0 Å². The summed E-state index contributed by atoms with van der Waals surface area (Å²) in [4.78, 5) is 3.90. The van der Waals surface area contributed by atoms with Crippen LogP contribution in [0.1, 0.15) is 17.6 Å². The SMILES string of the molecule is Cc1c(Br)cncc1Oc1ccc(C(F)F)cc1F. The van der Waals surface area contributed by atoms with Crippen molar-refractivity contribution in [2.75, 3.05) is 0 Å². The number of pyridine rings is 1. The molecule has 0 aliphatic heterocycles. The number of nitrogens with zero attached hydrogens (tertiary/aromatic N) is 1. The van der Waals surface area contributed by atoms with Gasteiger partial charge in [0.2, 0.25) is 0 Å². The molecule has 0 saturated carbocycles. The van der Waals surface area contributed by atoms with Crippen LogP contribution in [0.4, 0.5) is 13.2 Å². The molecule has 6 heteroatoms. The quantitative estimate of drug-likeness (QED) is 0.787. The van der Waals surface area contributed by atoms with E-state index in [4.69, 9.17) is 4.74 Å². The molecule has 0 aliphatic rings. The highest BCUT2D eigenvalue weighted by atomic mass is 79.9. The molecule has 0 saturated heterocycles. The molecule has 0 atom stereocenters. The molecule has 0 aliphatic carbocycles. The standard InChI is InChI=1S/C13H9BrF3NO/c1-7-9(14)5-18-6-12(7)19-11-3-2-8(13(16)17)4-10(11)15/h2-6,13H,1H3. The lowest BCUT2D eigenvalue weighted by Crippen LogP contribution is -1.94. The fraction of sp³-hybridized carbons (Fsp3) is 0.154. The molecule has 2 aromatic rings. The molecule has 1 heterocycles. The Hall–Kier alpha value is -1.56. The Morgan fingerprint density at radius 3 is 2.58 bits per heavy atom. The van der Waals surface area contributed by atoms with Gasteiger partial charge in [-0.15, -0.1) is 0 Å². The highest BCUT2D eigenvalue weighted by Gasteiger charge is 2.13. The number of rotatable bonds is 3. The maximum atomic E-state index is 13.6. The molecule has 0 bridgehead atoms. The normalized spacial score (nSPS) is 10.8. The molecule has 2 rings (SSSR count). The van der Waals surface area contributed by atoms with Gasteiger partial charge in [-0.2, -0.15) is 0 Å². The molecule has 1 aromatic heterocycles. The third-order valence-corrected chi connectivity index (χ3v) is 3.33. The van der Waals surface area contributed by atoms with Crippen molar-refractivity contribution in [3.63, 3.8) is 0 Å². The monoisotopic (exact) mass is 331 g/mol. The van der Waals surface area contributed by atoms with Gasteiger partial charge in [0.05, 0.1) is 6.20 Å². The van der Waals surface area contributed by atoms with E-state index in [0.717, 1.165) is 22.2 Å². The van der Waals surface area contributed by atoms with E-state index in [1.54, 1.807) is 13.1 Å². The Balaban J connectivity index is 2.31. The van der Waals surface area contributed by atoms with Crippen molar-refractivity contribution < 1.29 is 17.9 Å². The summed E-state index contributed by atoms with van der Waals surface area (Å²) in [5.41, 5.74) is 0.362. The van der Waals surface area contributed by atoms with Crippen LogP contribution in [0, 0.1) is 12.7 Å². The summed E-state index contributed by atoms with van der Waals surface area (Å²) in [6.07, 6.45) is 0.303. The summed E-state index contributed by atoms with van der Waals surface area (Å²) in [7, 11) is 0. The van der Waals surface area contributed by atoms with Crippen LogP contribution in [0.5, 0.6) is 11.5 Å². The molecule has 2 nitrogen and oxygen atoms in total. The molecule has 0 radical (unpaired) electrons. The van der Waals surface area contributed by atoms with Crippen molar-refractivity contribution in [1.82, 2.24) is 4.98 Å². The predicted octanol–water partition coefficient (Wildman–Crippen LogP) is 5.02. The summed E-state index contributed by atoms with van der Waals surface area (Å²) in [6.45, 7) is 1.77. The van der Waals surface area contributed by atoms with E-state index >= 15 is 0 Å². The molecule has 0 unspecified atom stereocenters. The Morgan fingerprint density at radius 1 is 1.21 bits per heavy atom. The van der Waals surface area contributed by atoms with Gasteiger partial charge in [-0.05, 0) is 41.1 Å². The van der Waals surface area contributed by atoms with Gasteiger partial charge in [0, 0.05) is 21.8 Å². The maximum Gasteiger partial charge on any atom is 0.263 e. The number of benzene rings is 1. The summed E-state index contributed by atoms with van der Waals surface area (Å²) < 4.78 is 44.5. The van der Waals surface area contributed by atoms with Crippen LogP contribution in [0.15, 0.2) is 35.1 Å². The second-order valence-corrected chi connectivity index (χ2v) is 4.69. The molecule has 0 N–H and O–H groups in total. The first-order valence-corrected chi connectivity index (χ1v) is 6.14. The van der Waals surface area contributed by atoms with E-state index in [1.165, 1.54) is 12.3 Å². The van der Waals surface area contributed by atoms with E-state index in [-0.39, 0.29) is 11.3 Å². The second kappa shape index (κ2) is 5.61. The molecule has 19 heavy (non-hydrogen) atoms. The zero-order chi connectivity index (χ0) is 14.0. The van der Waals surface area contributed by atoms with Gasteiger partial charge in [-0.1, -0.05) is 0 Å². The third kappa shape index (κ3) is 3.07. The van der Waals surface area contributed by atoms with E-state index in [9.17, 15) is 13.2 Å². The van der Waals surface area contributed by atoms with Crippen LogP contribution in [0.25, 0.3) is 0 Å². The van der Waals surface area contributed by atoms with Gasteiger partial charge in [-0.3, -0.25) is 4.98 Å². The minimum atomic E-state index is -2.71. The Kier molecular flexibility index (Phi) is 4.09. The van der Waals surface area contributed by atoms with Gasteiger partial charge in [0.1, 0.15) is 5.75 Å². The fourth-order valence-corrected chi connectivity index (χ4v) is 1.75. The molecule has 0 amide bonds. The average Bonchev–Trinajstić information content (AvgIpc) is 2.37. The van der Waals surface area contributed by atoms with E-state index in [1.807, 2.05) is 0 Å². The summed E-state index contributed by atoms with van der Waals surface area (Å²) in [5.74, 6) is -0.595. The fourth-order valence-electron chi connectivity index (χ4n) is 1.44. The van der Waals surface area contributed by atoms with Crippen molar-refractivity contribution in [2.45, 2.75) is 13.3 Å². The topological polar surface area (TPSA) is 22.1 Å². The van der Waals surface area contributed by atoms with E-state index in [2.05, 4.69) is 20.9 Å². The van der Waals surface area contributed by atoms with Crippen LogP contribution in [0.3, 0.4) is 0 Å². The third-order valence-electron chi connectivity index (χ3n) is 2.54. The van der Waals surface area contributed by atoms with Gasteiger partial charge in [0.25, 0.3) is 6.43 Å². The van der Waals surface area contributed by atoms with Crippen LogP contribution < -0.4 is 4.74 Å². The number of hydrogen-bond acceptors (Lipinski definition) is 2. The number of hydrogen-bond donors (Lipinski definition) is 0. The lowest BCUT2D eigenvalue weighted by Gasteiger charge is -2.10. The van der Waals surface area contributed by atoms with Crippen molar-refractivity contribution in [3.8, 4) is 11.5 Å². The Bertz CT molecular complexity index is 604. The highest BCUT2D eigenvalue weighted by molar-refractivity contribution is 9.10. The van der Waals surface area contributed by atoms with Crippen LogP contribution >= 0.6 is 15.9 Å². The zero-order valence-electron chi connectivity index (χ0n) is 9.83.